The van der Waals surface area contributed by atoms with Gasteiger partial charge in [0.2, 0.25) is 0 Å². The topological polar surface area (TPSA) is 80.9 Å². The Hall–Kier alpha value is -0.160. The Morgan fingerprint density at radius 3 is 1.86 bits per heavy atom. The van der Waals surface area contributed by atoms with Crippen LogP contribution in [-0.4, -0.2) is 44.8 Å². The van der Waals surface area contributed by atoms with Gasteiger partial charge in [-0.2, -0.15) is 0 Å². The van der Waals surface area contributed by atoms with Crippen molar-refractivity contribution < 1.29 is 20.4 Å². The maximum Gasteiger partial charge on any atom is 0.0618 e. The van der Waals surface area contributed by atoms with Gasteiger partial charge in [0.15, 0.2) is 0 Å². The minimum Gasteiger partial charge on any atom is -0.393 e. The molecule has 5 atom stereocenters. The summed E-state index contributed by atoms with van der Waals surface area (Å²) in [6, 6.07) is 0. The standard InChI is InChI=1S/C24H50O4/c1-9-19(25)13-14-23(5,6)16-20(26)18(4)11-10-12-21(27)24(7,8)22(28)15-17(2)3/h17-22,25-28H,9-16H2,1-8H3. The van der Waals surface area contributed by atoms with E-state index in [9.17, 15) is 20.4 Å². The molecule has 0 rings (SSSR count). The molecular formula is C24H50O4. The average molecular weight is 403 g/mol. The van der Waals surface area contributed by atoms with E-state index in [4.69, 9.17) is 0 Å². The van der Waals surface area contributed by atoms with E-state index in [0.717, 1.165) is 38.5 Å². The zero-order valence-electron chi connectivity index (χ0n) is 19.9. The van der Waals surface area contributed by atoms with Crippen LogP contribution in [0.25, 0.3) is 0 Å². The Balaban J connectivity index is 4.39. The first-order valence-corrected chi connectivity index (χ1v) is 11.4. The quantitative estimate of drug-likeness (QED) is 0.313. The smallest absolute Gasteiger partial charge is 0.0618 e. The van der Waals surface area contributed by atoms with Crippen molar-refractivity contribution in [2.75, 3.05) is 0 Å². The number of hydrogen-bond donors (Lipinski definition) is 4. The summed E-state index contributed by atoms with van der Waals surface area (Å²) in [4.78, 5) is 0. The molecule has 5 unspecified atom stereocenters. The summed E-state index contributed by atoms with van der Waals surface area (Å²) >= 11 is 0. The highest BCUT2D eigenvalue weighted by molar-refractivity contribution is 4.86. The molecule has 28 heavy (non-hydrogen) atoms. The van der Waals surface area contributed by atoms with Gasteiger partial charge in [0.25, 0.3) is 0 Å². The van der Waals surface area contributed by atoms with Gasteiger partial charge in [-0.1, -0.05) is 61.8 Å². The molecule has 0 aromatic rings. The molecule has 0 saturated carbocycles. The number of aliphatic hydroxyl groups is 4. The molecule has 4 nitrogen and oxygen atoms in total. The Bertz CT molecular complexity index is 405. The van der Waals surface area contributed by atoms with Crippen LogP contribution in [0.4, 0.5) is 0 Å². The molecule has 4 heteroatoms. The van der Waals surface area contributed by atoms with Gasteiger partial charge in [-0.15, -0.1) is 0 Å². The van der Waals surface area contributed by atoms with E-state index in [1.54, 1.807) is 0 Å². The third-order valence-corrected chi connectivity index (χ3v) is 6.59. The molecule has 0 amide bonds. The van der Waals surface area contributed by atoms with E-state index < -0.39 is 17.6 Å². The summed E-state index contributed by atoms with van der Waals surface area (Å²) in [7, 11) is 0. The lowest BCUT2D eigenvalue weighted by atomic mass is 9.75. The van der Waals surface area contributed by atoms with Crippen molar-refractivity contribution in [3.63, 3.8) is 0 Å². The molecule has 0 aromatic heterocycles. The van der Waals surface area contributed by atoms with E-state index >= 15 is 0 Å². The fourth-order valence-corrected chi connectivity index (χ4v) is 3.80. The zero-order chi connectivity index (χ0) is 22.1. The van der Waals surface area contributed by atoms with E-state index in [1.165, 1.54) is 0 Å². The van der Waals surface area contributed by atoms with Crippen molar-refractivity contribution in [2.45, 2.75) is 131 Å². The predicted octanol–water partition coefficient (Wildman–Crippen LogP) is 4.92. The Labute approximate surface area is 174 Å². The third kappa shape index (κ3) is 10.6. The molecule has 0 aromatic carbocycles. The first kappa shape index (κ1) is 27.8. The van der Waals surface area contributed by atoms with Crippen molar-refractivity contribution >= 4 is 0 Å². The van der Waals surface area contributed by atoms with Gasteiger partial charge in [-0.3, -0.25) is 0 Å². The maximum absolute atomic E-state index is 10.6. The van der Waals surface area contributed by atoms with Crippen LogP contribution in [0.15, 0.2) is 0 Å². The molecule has 0 radical (unpaired) electrons. The lowest BCUT2D eigenvalue weighted by Gasteiger charge is -2.36. The fourth-order valence-electron chi connectivity index (χ4n) is 3.80. The molecule has 0 bridgehead atoms. The minimum absolute atomic E-state index is 0.00624. The van der Waals surface area contributed by atoms with Crippen LogP contribution >= 0.6 is 0 Å². The third-order valence-electron chi connectivity index (χ3n) is 6.59. The van der Waals surface area contributed by atoms with Crippen LogP contribution < -0.4 is 0 Å². The van der Waals surface area contributed by atoms with Crippen LogP contribution in [0.5, 0.6) is 0 Å². The Morgan fingerprint density at radius 2 is 1.36 bits per heavy atom. The SMILES string of the molecule is CCC(O)CCC(C)(C)CC(O)C(C)CCCC(O)C(C)(C)C(O)CC(C)C. The monoisotopic (exact) mass is 402 g/mol. The lowest BCUT2D eigenvalue weighted by Crippen LogP contribution is -2.41. The molecule has 0 aliphatic heterocycles. The Morgan fingerprint density at radius 1 is 0.786 bits per heavy atom. The van der Waals surface area contributed by atoms with Crippen molar-refractivity contribution in [1.29, 1.82) is 0 Å². The van der Waals surface area contributed by atoms with Crippen molar-refractivity contribution in [3.8, 4) is 0 Å². The predicted molar refractivity (Wildman–Crippen MR) is 118 cm³/mol. The van der Waals surface area contributed by atoms with Gasteiger partial charge in [-0.05, 0) is 62.2 Å². The van der Waals surface area contributed by atoms with E-state index in [-0.39, 0.29) is 23.5 Å². The fraction of sp³-hybridized carbons (Fsp3) is 1.00. The van der Waals surface area contributed by atoms with Gasteiger partial charge in [0.1, 0.15) is 0 Å². The largest absolute Gasteiger partial charge is 0.393 e. The summed E-state index contributed by atoms with van der Waals surface area (Å²) in [5, 5.41) is 41.4. The Kier molecular flexibility index (Phi) is 12.4. The summed E-state index contributed by atoms with van der Waals surface area (Å²) in [6.07, 6.45) is 4.57. The van der Waals surface area contributed by atoms with E-state index in [1.807, 2.05) is 20.8 Å². The molecule has 0 aliphatic rings. The molecule has 4 N–H and O–H groups in total. The molecule has 0 aliphatic carbocycles. The number of rotatable bonds is 15. The average Bonchev–Trinajstić information content (AvgIpc) is 2.58. The van der Waals surface area contributed by atoms with Gasteiger partial charge in [0, 0.05) is 5.41 Å². The molecular weight excluding hydrogens is 352 g/mol. The van der Waals surface area contributed by atoms with Crippen LogP contribution in [0.1, 0.15) is 107 Å². The van der Waals surface area contributed by atoms with Crippen molar-refractivity contribution in [2.24, 2.45) is 22.7 Å². The van der Waals surface area contributed by atoms with Gasteiger partial charge >= 0.3 is 0 Å². The van der Waals surface area contributed by atoms with Crippen LogP contribution in [0, 0.1) is 22.7 Å². The molecule has 0 fully saturated rings. The summed E-state index contributed by atoms with van der Waals surface area (Å²) in [6.45, 7) is 16.4. The lowest BCUT2D eigenvalue weighted by molar-refractivity contribution is -0.0599. The molecule has 0 saturated heterocycles. The van der Waals surface area contributed by atoms with Crippen LogP contribution in [0.3, 0.4) is 0 Å². The minimum atomic E-state index is -0.544. The van der Waals surface area contributed by atoms with Gasteiger partial charge in [-0.25, -0.2) is 0 Å². The highest BCUT2D eigenvalue weighted by Crippen LogP contribution is 2.34. The number of aliphatic hydroxyl groups excluding tert-OH is 4. The highest BCUT2D eigenvalue weighted by atomic mass is 16.3. The summed E-state index contributed by atoms with van der Waals surface area (Å²) < 4.78 is 0. The maximum atomic E-state index is 10.6. The molecule has 170 valence electrons. The summed E-state index contributed by atoms with van der Waals surface area (Å²) in [5.74, 6) is 0.574. The van der Waals surface area contributed by atoms with Gasteiger partial charge < -0.3 is 20.4 Å². The van der Waals surface area contributed by atoms with E-state index in [0.29, 0.717) is 18.8 Å². The van der Waals surface area contributed by atoms with Crippen molar-refractivity contribution in [1.82, 2.24) is 0 Å². The van der Waals surface area contributed by atoms with Crippen LogP contribution in [0.2, 0.25) is 0 Å². The van der Waals surface area contributed by atoms with Crippen molar-refractivity contribution in [3.05, 3.63) is 0 Å². The molecule has 0 spiro atoms. The normalized spacial score (nSPS) is 18.8. The summed E-state index contributed by atoms with van der Waals surface area (Å²) in [5.41, 5.74) is -0.513. The van der Waals surface area contributed by atoms with Crippen LogP contribution in [-0.2, 0) is 0 Å². The van der Waals surface area contributed by atoms with E-state index in [2.05, 4.69) is 34.6 Å². The van der Waals surface area contributed by atoms with Gasteiger partial charge in [0.05, 0.1) is 24.4 Å². The highest BCUT2D eigenvalue weighted by Gasteiger charge is 2.35. The zero-order valence-corrected chi connectivity index (χ0v) is 19.9. The second-order valence-corrected chi connectivity index (χ2v) is 10.9. The molecule has 0 heterocycles. The first-order valence-electron chi connectivity index (χ1n) is 11.4. The first-order chi connectivity index (χ1) is 12.7. The second kappa shape index (κ2) is 12.5. The second-order valence-electron chi connectivity index (χ2n) is 10.9. The number of hydrogen-bond acceptors (Lipinski definition) is 4.